The molecule has 0 bridgehead atoms. The van der Waals surface area contributed by atoms with Gasteiger partial charge < -0.3 is 14.4 Å². The summed E-state index contributed by atoms with van der Waals surface area (Å²) in [5.74, 6) is -1.30. The van der Waals surface area contributed by atoms with Gasteiger partial charge in [0.05, 0.1) is 40.4 Å². The largest absolute Gasteiger partial charge is 0.464 e. The van der Waals surface area contributed by atoms with Crippen LogP contribution < -0.4 is 0 Å². The van der Waals surface area contributed by atoms with E-state index >= 15 is 0 Å². The number of ether oxygens (including phenoxy) is 1. The average Bonchev–Trinajstić information content (AvgIpc) is 3.40. The zero-order valence-electron chi connectivity index (χ0n) is 22.3. The summed E-state index contributed by atoms with van der Waals surface area (Å²) in [5, 5.41) is 16.8. The number of nitrogens with zero attached hydrogens (tertiary/aromatic N) is 5. The van der Waals surface area contributed by atoms with Crippen LogP contribution >= 0.6 is 0 Å². The summed E-state index contributed by atoms with van der Waals surface area (Å²) in [6.07, 6.45) is -7.16. The minimum Gasteiger partial charge on any atom is -0.464 e. The van der Waals surface area contributed by atoms with Crippen LogP contribution in [0.3, 0.4) is 0 Å². The predicted molar refractivity (Wildman–Crippen MR) is 140 cm³/mol. The van der Waals surface area contributed by atoms with E-state index in [2.05, 4.69) is 20.2 Å². The van der Waals surface area contributed by atoms with Gasteiger partial charge >= 0.3 is 18.3 Å². The van der Waals surface area contributed by atoms with Crippen molar-refractivity contribution in [3.63, 3.8) is 0 Å². The molecule has 228 valence electrons. The zero-order valence-corrected chi connectivity index (χ0v) is 22.3. The van der Waals surface area contributed by atoms with Crippen molar-refractivity contribution in [2.45, 2.75) is 24.8 Å². The number of hydrogen-bond acceptors (Lipinski definition) is 7. The first kappa shape index (κ1) is 30.5. The third-order valence-electron chi connectivity index (χ3n) is 6.47. The van der Waals surface area contributed by atoms with E-state index < -0.39 is 46.9 Å². The fourth-order valence-corrected chi connectivity index (χ4v) is 4.37. The SMILES string of the molecule is O=C(OCCCO)C(c1ccc(-c2ccc(C(F)(F)F)cc2C(F)(F)F)nn1)n1ccc2nc(-c3ccccc3F)nc-2c1. The molecular weight excluding hydrogens is 599 g/mol. The van der Waals surface area contributed by atoms with E-state index in [0.29, 0.717) is 17.8 Å². The Morgan fingerprint density at radius 2 is 1.61 bits per heavy atom. The Morgan fingerprint density at radius 1 is 0.864 bits per heavy atom. The molecule has 3 aromatic rings. The van der Waals surface area contributed by atoms with E-state index in [0.717, 1.165) is 6.07 Å². The van der Waals surface area contributed by atoms with Gasteiger partial charge in [0.25, 0.3) is 0 Å². The Kier molecular flexibility index (Phi) is 8.32. The molecule has 44 heavy (non-hydrogen) atoms. The maximum atomic E-state index is 14.3. The highest BCUT2D eigenvalue weighted by molar-refractivity contribution is 5.78. The fraction of sp³-hybridized carbons (Fsp3) is 0.207. The number of hydrogen-bond donors (Lipinski definition) is 1. The number of fused-ring (bicyclic) bond motifs is 1. The number of carbonyl (C=O) groups excluding carboxylic acids is 1. The lowest BCUT2D eigenvalue weighted by Crippen LogP contribution is -2.25. The second-order valence-corrected chi connectivity index (χ2v) is 9.44. The molecule has 1 aromatic heterocycles. The van der Waals surface area contributed by atoms with Gasteiger partial charge in [0.15, 0.2) is 11.9 Å². The number of aliphatic hydroxyl groups is 1. The van der Waals surface area contributed by atoms with Gasteiger partial charge in [-0.15, -0.1) is 0 Å². The Morgan fingerprint density at radius 3 is 2.27 bits per heavy atom. The number of carbonyl (C=O) groups is 1. The molecule has 3 heterocycles. The topological polar surface area (TPSA) is 103 Å². The first-order chi connectivity index (χ1) is 20.9. The van der Waals surface area contributed by atoms with Gasteiger partial charge in [-0.2, -0.15) is 36.5 Å². The molecule has 15 heteroatoms. The summed E-state index contributed by atoms with van der Waals surface area (Å²) in [4.78, 5) is 21.8. The summed E-state index contributed by atoms with van der Waals surface area (Å²) >= 11 is 0. The normalized spacial score (nSPS) is 12.8. The number of benzene rings is 2. The molecule has 0 radical (unpaired) electrons. The summed E-state index contributed by atoms with van der Waals surface area (Å²) in [7, 11) is 0. The van der Waals surface area contributed by atoms with Crippen molar-refractivity contribution in [1.82, 2.24) is 24.7 Å². The van der Waals surface area contributed by atoms with Gasteiger partial charge in [-0.05, 0) is 42.5 Å². The average molecular weight is 619 g/mol. The molecule has 1 unspecified atom stereocenters. The van der Waals surface area contributed by atoms with E-state index in [1.807, 2.05) is 0 Å². The van der Waals surface area contributed by atoms with Gasteiger partial charge in [0, 0.05) is 31.0 Å². The molecule has 0 aliphatic carbocycles. The number of esters is 1. The number of pyridine rings is 1. The molecule has 0 spiro atoms. The van der Waals surface area contributed by atoms with Crippen LogP contribution in [0.5, 0.6) is 0 Å². The maximum absolute atomic E-state index is 14.3. The van der Waals surface area contributed by atoms with Crippen molar-refractivity contribution in [2.75, 3.05) is 13.2 Å². The van der Waals surface area contributed by atoms with E-state index in [9.17, 15) is 35.5 Å². The predicted octanol–water partition coefficient (Wildman–Crippen LogP) is 6.20. The number of alkyl halides is 6. The summed E-state index contributed by atoms with van der Waals surface area (Å²) in [5.41, 5.74) is -3.37. The fourth-order valence-electron chi connectivity index (χ4n) is 4.37. The molecule has 5 rings (SSSR count). The number of aromatic nitrogens is 5. The second-order valence-electron chi connectivity index (χ2n) is 9.44. The third kappa shape index (κ3) is 6.37. The molecule has 0 saturated heterocycles. The van der Waals surface area contributed by atoms with Crippen LogP contribution in [0.2, 0.25) is 0 Å². The Balaban J connectivity index is 1.54. The number of aliphatic hydroxyl groups excluding tert-OH is 1. The van der Waals surface area contributed by atoms with Gasteiger partial charge in [-0.25, -0.2) is 19.2 Å². The molecule has 2 aliphatic heterocycles. The zero-order chi connectivity index (χ0) is 31.6. The highest BCUT2D eigenvalue weighted by atomic mass is 19.4. The highest BCUT2D eigenvalue weighted by Gasteiger charge is 2.39. The molecule has 0 fully saturated rings. The smallest absolute Gasteiger partial charge is 0.417 e. The first-order valence-corrected chi connectivity index (χ1v) is 12.9. The molecule has 2 aliphatic rings. The Hall–Kier alpha value is -4.92. The quantitative estimate of drug-likeness (QED) is 0.125. The lowest BCUT2D eigenvalue weighted by Gasteiger charge is -2.20. The number of rotatable bonds is 8. The van der Waals surface area contributed by atoms with Crippen LogP contribution in [0.1, 0.15) is 29.3 Å². The van der Waals surface area contributed by atoms with Crippen LogP contribution in [0.15, 0.2) is 73.1 Å². The molecular formula is C29H20F7N5O3. The standard InChI is InChI=1S/C29H20F7N5O3/c30-20-5-2-1-4-18(20)26-37-22-10-11-41(15-24(22)38-26)25(27(43)44-13-3-12-42)23-9-8-21(39-40-23)17-7-6-16(28(31,32)33)14-19(17)29(34,35)36/h1-2,4-11,14-15,25,42H,3,12-13H2. The molecule has 1 atom stereocenters. The molecule has 0 saturated carbocycles. The van der Waals surface area contributed by atoms with Gasteiger partial charge in [-0.3, -0.25) is 0 Å². The molecule has 1 N–H and O–H groups in total. The van der Waals surface area contributed by atoms with Crippen LogP contribution in [-0.2, 0) is 21.9 Å². The third-order valence-corrected chi connectivity index (χ3v) is 6.47. The number of imidazole rings is 1. The van der Waals surface area contributed by atoms with Crippen LogP contribution in [-0.4, -0.2) is 49.0 Å². The van der Waals surface area contributed by atoms with E-state index in [1.54, 1.807) is 6.07 Å². The van der Waals surface area contributed by atoms with Crippen molar-refractivity contribution < 1.29 is 45.4 Å². The first-order valence-electron chi connectivity index (χ1n) is 12.9. The van der Waals surface area contributed by atoms with Crippen molar-refractivity contribution in [2.24, 2.45) is 0 Å². The van der Waals surface area contributed by atoms with Crippen LogP contribution in [0, 0.1) is 5.82 Å². The highest BCUT2D eigenvalue weighted by Crippen LogP contribution is 2.40. The van der Waals surface area contributed by atoms with Crippen molar-refractivity contribution in [1.29, 1.82) is 0 Å². The van der Waals surface area contributed by atoms with Crippen LogP contribution in [0.4, 0.5) is 30.7 Å². The Bertz CT molecular complexity index is 1750. The monoisotopic (exact) mass is 619 g/mol. The summed E-state index contributed by atoms with van der Waals surface area (Å²) in [6, 6.07) is 9.46. The lowest BCUT2D eigenvalue weighted by molar-refractivity contribution is -0.147. The minimum atomic E-state index is -5.14. The number of halogens is 7. The van der Waals surface area contributed by atoms with Gasteiger partial charge in [0.1, 0.15) is 11.5 Å². The molecule has 0 amide bonds. The molecule has 2 aromatic carbocycles. The van der Waals surface area contributed by atoms with Crippen molar-refractivity contribution in [3.05, 3.63) is 95.7 Å². The maximum Gasteiger partial charge on any atom is 0.417 e. The van der Waals surface area contributed by atoms with Crippen molar-refractivity contribution >= 4 is 5.97 Å². The summed E-state index contributed by atoms with van der Waals surface area (Å²) in [6.45, 7) is -0.420. The van der Waals surface area contributed by atoms with E-state index in [-0.39, 0.29) is 54.2 Å². The van der Waals surface area contributed by atoms with Gasteiger partial charge in [-0.1, -0.05) is 18.2 Å². The van der Waals surface area contributed by atoms with E-state index in [4.69, 9.17) is 9.84 Å². The van der Waals surface area contributed by atoms with Crippen LogP contribution in [0.25, 0.3) is 34.0 Å². The Labute approximate surface area is 244 Å². The lowest BCUT2D eigenvalue weighted by atomic mass is 10.00. The van der Waals surface area contributed by atoms with E-state index in [1.165, 1.54) is 47.3 Å². The van der Waals surface area contributed by atoms with Gasteiger partial charge in [0.2, 0.25) is 0 Å². The minimum absolute atomic E-state index is 0.00616. The summed E-state index contributed by atoms with van der Waals surface area (Å²) < 4.78 is 101. The van der Waals surface area contributed by atoms with Crippen molar-refractivity contribution in [3.8, 4) is 34.0 Å². The second kappa shape index (κ2) is 12.0. The molecule has 8 nitrogen and oxygen atoms in total.